The lowest BCUT2D eigenvalue weighted by molar-refractivity contribution is -0.166. The topological polar surface area (TPSA) is 78.9 Å². The highest BCUT2D eigenvalue weighted by Crippen LogP contribution is 2.13. The maximum atomic E-state index is 12.8. The average Bonchev–Trinajstić information content (AvgIpc) is 3.29. The van der Waals surface area contributed by atoms with Crippen LogP contribution >= 0.6 is 0 Å². The summed E-state index contributed by atoms with van der Waals surface area (Å²) < 4.78 is 16.7. The zero-order chi connectivity index (χ0) is 46.5. The lowest BCUT2D eigenvalue weighted by Crippen LogP contribution is -2.30. The number of unbranched alkanes of at least 4 members (excludes halogenated alkanes) is 16. The lowest BCUT2D eigenvalue weighted by Gasteiger charge is -2.18. The molecule has 1 unspecified atom stereocenters. The normalized spacial score (nSPS) is 13.1. The van der Waals surface area contributed by atoms with Gasteiger partial charge in [0.2, 0.25) is 0 Å². The minimum Gasteiger partial charge on any atom is -0.462 e. The van der Waals surface area contributed by atoms with E-state index >= 15 is 0 Å². The Morgan fingerprint density at radius 3 is 1.23 bits per heavy atom. The molecule has 0 rings (SSSR count). The third-order valence-corrected chi connectivity index (χ3v) is 10.3. The number of allylic oxidation sites excluding steroid dienone is 20. The molecule has 0 saturated carbocycles. The quantitative estimate of drug-likeness (QED) is 0.0199. The molecule has 0 aliphatic heterocycles. The minimum atomic E-state index is -0.825. The van der Waals surface area contributed by atoms with Crippen molar-refractivity contribution in [1.82, 2.24) is 0 Å². The van der Waals surface area contributed by atoms with Crippen LogP contribution in [0.15, 0.2) is 122 Å². The largest absolute Gasteiger partial charge is 0.462 e. The maximum absolute atomic E-state index is 12.8. The molecule has 0 saturated heterocycles. The average molecular weight is 885 g/mol. The van der Waals surface area contributed by atoms with Crippen LogP contribution in [-0.4, -0.2) is 37.2 Å². The van der Waals surface area contributed by atoms with E-state index in [0.29, 0.717) is 12.8 Å². The Bertz CT molecular complexity index is 1390. The van der Waals surface area contributed by atoms with E-state index in [9.17, 15) is 14.4 Å². The molecule has 0 amide bonds. The number of hydrogen-bond acceptors (Lipinski definition) is 6. The van der Waals surface area contributed by atoms with Crippen molar-refractivity contribution in [3.05, 3.63) is 122 Å². The fraction of sp³-hybridized carbons (Fsp3) is 0.603. The molecule has 0 aliphatic rings. The van der Waals surface area contributed by atoms with Crippen LogP contribution in [0.2, 0.25) is 0 Å². The first kappa shape index (κ1) is 59.8. The standard InChI is InChI=1S/C58H92O6/c1-4-7-10-13-16-19-22-25-28-31-33-36-39-42-45-48-51-57(60)63-54-55(64-58(61)52-49-46-43-40-37-34-30-27-24-21-18-15-12-9-6-3)53-62-56(59)50-47-44-41-38-35-32-29-26-23-20-17-14-11-8-5-2/h7,9-10,12,15-16,18-21,23-25,27-28,30,33,36,42,45,55H,4-6,8,11,13-14,17,22,26,29,31-32,34-35,37-41,43-44,46-54H2,1-3H3/b10-7-,12-9-,18-15-,19-16-,23-20-,24-21-,28-25-,30-27-,36-33-,45-42-. The van der Waals surface area contributed by atoms with Gasteiger partial charge in [-0.1, -0.05) is 213 Å². The van der Waals surface area contributed by atoms with Crippen molar-refractivity contribution in [1.29, 1.82) is 0 Å². The summed E-state index contributed by atoms with van der Waals surface area (Å²) in [6, 6.07) is 0. The van der Waals surface area contributed by atoms with Gasteiger partial charge in [-0.3, -0.25) is 14.4 Å². The molecule has 0 aromatic rings. The van der Waals surface area contributed by atoms with E-state index < -0.39 is 6.10 Å². The fourth-order valence-electron chi connectivity index (χ4n) is 6.49. The number of carbonyl (C=O) groups is 3. The second-order valence-corrected chi connectivity index (χ2v) is 16.4. The van der Waals surface area contributed by atoms with Crippen LogP contribution in [0.1, 0.15) is 207 Å². The van der Waals surface area contributed by atoms with Crippen LogP contribution < -0.4 is 0 Å². The smallest absolute Gasteiger partial charge is 0.306 e. The van der Waals surface area contributed by atoms with E-state index in [1.807, 2.05) is 36.5 Å². The second-order valence-electron chi connectivity index (χ2n) is 16.4. The molecular weight excluding hydrogens is 793 g/mol. The predicted octanol–water partition coefficient (Wildman–Crippen LogP) is 16.9. The summed E-state index contributed by atoms with van der Waals surface area (Å²) >= 11 is 0. The SMILES string of the molecule is CC\C=C/C=C\C=C/C=C\CCCCCCCC(=O)OC(COC(=O)CC/C=C\C/C=C\C/C=C\C/C=C\C/C=C\CC)COC(=O)CCCCCCCCC/C=C\CCCCCC. The van der Waals surface area contributed by atoms with Gasteiger partial charge in [-0.25, -0.2) is 0 Å². The van der Waals surface area contributed by atoms with Gasteiger partial charge in [-0.15, -0.1) is 0 Å². The summed E-state index contributed by atoms with van der Waals surface area (Å²) in [5, 5.41) is 0. The summed E-state index contributed by atoms with van der Waals surface area (Å²) in [6.07, 6.45) is 70.4. The number of esters is 3. The molecule has 64 heavy (non-hydrogen) atoms. The first-order chi connectivity index (χ1) is 31.5. The van der Waals surface area contributed by atoms with Gasteiger partial charge in [-0.05, 0) is 96.3 Å². The predicted molar refractivity (Wildman–Crippen MR) is 274 cm³/mol. The van der Waals surface area contributed by atoms with Gasteiger partial charge in [-0.2, -0.15) is 0 Å². The van der Waals surface area contributed by atoms with Gasteiger partial charge < -0.3 is 14.2 Å². The Morgan fingerprint density at radius 2 is 0.719 bits per heavy atom. The highest BCUT2D eigenvalue weighted by atomic mass is 16.6. The Hall–Kier alpha value is -4.19. The fourth-order valence-corrected chi connectivity index (χ4v) is 6.49. The number of rotatable bonds is 44. The highest BCUT2D eigenvalue weighted by Gasteiger charge is 2.19. The highest BCUT2D eigenvalue weighted by molar-refractivity contribution is 5.71. The van der Waals surface area contributed by atoms with Crippen molar-refractivity contribution >= 4 is 17.9 Å². The van der Waals surface area contributed by atoms with E-state index in [4.69, 9.17) is 14.2 Å². The van der Waals surface area contributed by atoms with Crippen LogP contribution in [0.3, 0.4) is 0 Å². The first-order valence-corrected chi connectivity index (χ1v) is 25.6. The van der Waals surface area contributed by atoms with Crippen molar-refractivity contribution in [3.8, 4) is 0 Å². The van der Waals surface area contributed by atoms with Gasteiger partial charge in [0.15, 0.2) is 6.10 Å². The molecule has 360 valence electrons. The molecular formula is C58H92O6. The minimum absolute atomic E-state index is 0.116. The van der Waals surface area contributed by atoms with Gasteiger partial charge in [0.25, 0.3) is 0 Å². The molecule has 0 aliphatic carbocycles. The molecule has 0 spiro atoms. The van der Waals surface area contributed by atoms with E-state index in [-0.39, 0.29) is 44.0 Å². The molecule has 0 bridgehead atoms. The van der Waals surface area contributed by atoms with Gasteiger partial charge in [0, 0.05) is 19.3 Å². The summed E-state index contributed by atoms with van der Waals surface area (Å²) in [7, 11) is 0. The Kier molecular flexibility index (Phi) is 48.1. The molecule has 0 radical (unpaired) electrons. The molecule has 0 aromatic carbocycles. The van der Waals surface area contributed by atoms with Crippen molar-refractivity contribution in [2.75, 3.05) is 13.2 Å². The monoisotopic (exact) mass is 885 g/mol. The van der Waals surface area contributed by atoms with Crippen LogP contribution in [0.4, 0.5) is 0 Å². The van der Waals surface area contributed by atoms with Gasteiger partial charge in [0.1, 0.15) is 13.2 Å². The van der Waals surface area contributed by atoms with E-state index in [1.54, 1.807) is 0 Å². The molecule has 0 aromatic heterocycles. The van der Waals surface area contributed by atoms with Gasteiger partial charge >= 0.3 is 17.9 Å². The molecule has 6 heteroatoms. The summed E-state index contributed by atoms with van der Waals surface area (Å²) in [5.41, 5.74) is 0. The number of ether oxygens (including phenoxy) is 3. The molecule has 1 atom stereocenters. The van der Waals surface area contributed by atoms with E-state index in [2.05, 4.69) is 106 Å². The number of hydrogen-bond donors (Lipinski definition) is 0. The third-order valence-electron chi connectivity index (χ3n) is 10.3. The van der Waals surface area contributed by atoms with Crippen molar-refractivity contribution < 1.29 is 28.6 Å². The lowest BCUT2D eigenvalue weighted by atomic mass is 10.1. The zero-order valence-electron chi connectivity index (χ0n) is 41.0. The van der Waals surface area contributed by atoms with Crippen molar-refractivity contribution in [2.24, 2.45) is 0 Å². The molecule has 0 heterocycles. The molecule has 0 N–H and O–H groups in total. The van der Waals surface area contributed by atoms with E-state index in [1.165, 1.54) is 64.2 Å². The van der Waals surface area contributed by atoms with Crippen LogP contribution in [0.25, 0.3) is 0 Å². The second kappa shape index (κ2) is 51.4. The summed E-state index contributed by atoms with van der Waals surface area (Å²) in [4.78, 5) is 38.0. The van der Waals surface area contributed by atoms with E-state index in [0.717, 1.165) is 96.3 Å². The Balaban J connectivity index is 4.56. The number of carbonyl (C=O) groups excluding carboxylic acids is 3. The van der Waals surface area contributed by atoms with Gasteiger partial charge in [0.05, 0.1) is 0 Å². The summed E-state index contributed by atoms with van der Waals surface area (Å²) in [5.74, 6) is -1.04. The van der Waals surface area contributed by atoms with Crippen LogP contribution in [-0.2, 0) is 28.6 Å². The van der Waals surface area contributed by atoms with Crippen LogP contribution in [0, 0.1) is 0 Å². The summed E-state index contributed by atoms with van der Waals surface area (Å²) in [6.45, 7) is 6.27. The third kappa shape index (κ3) is 48.8. The molecule has 0 fully saturated rings. The Morgan fingerprint density at radius 1 is 0.344 bits per heavy atom. The maximum Gasteiger partial charge on any atom is 0.306 e. The van der Waals surface area contributed by atoms with Crippen LogP contribution in [0.5, 0.6) is 0 Å². The Labute approximate surface area is 392 Å². The van der Waals surface area contributed by atoms with Crippen molar-refractivity contribution in [3.63, 3.8) is 0 Å². The van der Waals surface area contributed by atoms with Crippen molar-refractivity contribution in [2.45, 2.75) is 213 Å². The molecule has 6 nitrogen and oxygen atoms in total. The zero-order valence-corrected chi connectivity index (χ0v) is 41.0. The first-order valence-electron chi connectivity index (χ1n) is 25.6.